The Balaban J connectivity index is 3.00. The molecule has 0 aliphatic carbocycles. The van der Waals surface area contributed by atoms with Crippen molar-refractivity contribution < 1.29 is 4.74 Å². The van der Waals surface area contributed by atoms with Gasteiger partial charge in [0.1, 0.15) is 12.0 Å². The summed E-state index contributed by atoms with van der Waals surface area (Å²) in [5, 5.41) is 0. The van der Waals surface area contributed by atoms with Crippen LogP contribution in [0.3, 0.4) is 0 Å². The van der Waals surface area contributed by atoms with Gasteiger partial charge in [0.2, 0.25) is 5.88 Å². The molecule has 0 amide bonds. The molecule has 0 radical (unpaired) electrons. The van der Waals surface area contributed by atoms with Gasteiger partial charge in [0.05, 0.1) is 6.61 Å². The minimum Gasteiger partial charge on any atom is -0.476 e. The minimum absolute atomic E-state index is 0.395. The van der Waals surface area contributed by atoms with Gasteiger partial charge < -0.3 is 15.4 Å². The Morgan fingerprint density at radius 2 is 2.06 bits per heavy atom. The highest BCUT2D eigenvalue weighted by Crippen LogP contribution is 2.29. The van der Waals surface area contributed by atoms with Crippen LogP contribution in [0.5, 0.6) is 5.88 Å². The molecule has 2 N–H and O–H groups in total. The maximum absolute atomic E-state index is 6.10. The van der Waals surface area contributed by atoms with Crippen LogP contribution in [0.15, 0.2) is 6.33 Å². The number of ether oxygens (including phenoxy) is 1. The van der Waals surface area contributed by atoms with Gasteiger partial charge in [-0.05, 0) is 26.7 Å². The van der Waals surface area contributed by atoms with Gasteiger partial charge in [0, 0.05) is 12.6 Å². The Labute approximate surface area is 109 Å². The lowest BCUT2D eigenvalue weighted by Crippen LogP contribution is -2.33. The lowest BCUT2D eigenvalue weighted by atomic mass is 10.2. The molecule has 5 nitrogen and oxygen atoms in total. The zero-order valence-corrected chi connectivity index (χ0v) is 11.8. The van der Waals surface area contributed by atoms with E-state index in [1.165, 1.54) is 6.33 Å². The van der Waals surface area contributed by atoms with Crippen LogP contribution in [0.25, 0.3) is 0 Å². The Morgan fingerprint density at radius 1 is 1.33 bits per heavy atom. The van der Waals surface area contributed by atoms with Gasteiger partial charge in [-0.2, -0.15) is 4.98 Å². The zero-order valence-electron chi connectivity index (χ0n) is 11.8. The molecule has 1 atom stereocenters. The molecular formula is C13H24N4O. The lowest BCUT2D eigenvalue weighted by Gasteiger charge is -2.29. The van der Waals surface area contributed by atoms with E-state index < -0.39 is 0 Å². The highest BCUT2D eigenvalue weighted by Gasteiger charge is 2.18. The second-order valence-corrected chi connectivity index (χ2v) is 4.31. The smallest absolute Gasteiger partial charge is 0.242 e. The summed E-state index contributed by atoms with van der Waals surface area (Å²) in [6, 6.07) is 0.395. The third-order valence-corrected chi connectivity index (χ3v) is 3.00. The molecule has 5 heteroatoms. The van der Waals surface area contributed by atoms with Crippen molar-refractivity contribution in [3.05, 3.63) is 6.33 Å². The third kappa shape index (κ3) is 3.24. The maximum Gasteiger partial charge on any atom is 0.242 e. The molecular weight excluding hydrogens is 228 g/mol. The topological polar surface area (TPSA) is 64.3 Å². The van der Waals surface area contributed by atoms with Crippen molar-refractivity contribution in [2.75, 3.05) is 23.8 Å². The van der Waals surface area contributed by atoms with Crippen molar-refractivity contribution in [1.29, 1.82) is 0 Å². The number of hydrogen-bond donors (Lipinski definition) is 1. The normalized spacial score (nSPS) is 12.2. The van der Waals surface area contributed by atoms with Crippen LogP contribution in [0.1, 0.15) is 40.5 Å². The van der Waals surface area contributed by atoms with E-state index in [1.807, 2.05) is 0 Å². The predicted octanol–water partition coefficient (Wildman–Crippen LogP) is 2.47. The van der Waals surface area contributed by atoms with Gasteiger partial charge in [-0.25, -0.2) is 4.98 Å². The second-order valence-electron chi connectivity index (χ2n) is 4.31. The van der Waals surface area contributed by atoms with Crippen LogP contribution >= 0.6 is 0 Å². The Hall–Kier alpha value is -1.52. The molecule has 0 spiro atoms. The van der Waals surface area contributed by atoms with Crippen LogP contribution in [0.2, 0.25) is 0 Å². The number of nitrogens with zero attached hydrogens (tertiary/aromatic N) is 3. The summed E-state index contributed by atoms with van der Waals surface area (Å²) in [6.07, 6.45) is 3.49. The van der Waals surface area contributed by atoms with Crippen molar-refractivity contribution in [2.24, 2.45) is 0 Å². The maximum atomic E-state index is 6.10. The van der Waals surface area contributed by atoms with Crippen molar-refractivity contribution in [1.82, 2.24) is 9.97 Å². The highest BCUT2D eigenvalue weighted by molar-refractivity contribution is 5.68. The molecule has 0 fully saturated rings. The molecule has 0 aliphatic rings. The number of nitrogen functional groups attached to an aromatic ring is 1. The van der Waals surface area contributed by atoms with E-state index in [0.29, 0.717) is 24.2 Å². The van der Waals surface area contributed by atoms with Gasteiger partial charge in [-0.15, -0.1) is 0 Å². The van der Waals surface area contributed by atoms with Gasteiger partial charge in [0.15, 0.2) is 5.82 Å². The molecule has 102 valence electrons. The summed E-state index contributed by atoms with van der Waals surface area (Å²) in [5.41, 5.74) is 6.64. The largest absolute Gasteiger partial charge is 0.476 e. The first-order chi connectivity index (χ1) is 8.65. The second kappa shape index (κ2) is 7.03. The standard InChI is InChI=1S/C13H24N4O/c1-5-8-18-13-11(14)12(15-9-16-13)17(7-3)10(4)6-2/h9-10H,5-8,14H2,1-4H3. The summed E-state index contributed by atoms with van der Waals surface area (Å²) in [4.78, 5) is 10.6. The molecule has 1 heterocycles. The van der Waals surface area contributed by atoms with Gasteiger partial charge in [0.25, 0.3) is 0 Å². The number of aromatic nitrogens is 2. The molecule has 0 saturated carbocycles. The first-order valence-corrected chi connectivity index (χ1v) is 6.65. The summed E-state index contributed by atoms with van der Waals surface area (Å²) in [6.45, 7) is 9.95. The van der Waals surface area contributed by atoms with Crippen LogP contribution < -0.4 is 15.4 Å². The molecule has 0 aromatic carbocycles. The fourth-order valence-electron chi connectivity index (χ4n) is 1.80. The average molecular weight is 252 g/mol. The van der Waals surface area contributed by atoms with E-state index >= 15 is 0 Å². The zero-order chi connectivity index (χ0) is 13.5. The van der Waals surface area contributed by atoms with E-state index in [2.05, 4.69) is 42.6 Å². The van der Waals surface area contributed by atoms with Crippen molar-refractivity contribution in [2.45, 2.75) is 46.6 Å². The van der Waals surface area contributed by atoms with Crippen LogP contribution in [-0.2, 0) is 0 Å². The average Bonchev–Trinajstić information content (AvgIpc) is 2.39. The lowest BCUT2D eigenvalue weighted by molar-refractivity contribution is 0.306. The Bertz CT molecular complexity index is 370. The number of hydrogen-bond acceptors (Lipinski definition) is 5. The molecule has 1 aromatic heterocycles. The highest BCUT2D eigenvalue weighted by atomic mass is 16.5. The molecule has 0 saturated heterocycles. The van der Waals surface area contributed by atoms with Gasteiger partial charge >= 0.3 is 0 Å². The Kier molecular flexibility index (Phi) is 5.68. The van der Waals surface area contributed by atoms with E-state index in [-0.39, 0.29) is 0 Å². The molecule has 1 aromatic rings. The molecule has 0 bridgehead atoms. The number of nitrogens with two attached hydrogens (primary N) is 1. The van der Waals surface area contributed by atoms with E-state index in [0.717, 1.165) is 25.2 Å². The van der Waals surface area contributed by atoms with Crippen LogP contribution in [0.4, 0.5) is 11.5 Å². The number of rotatable bonds is 7. The van der Waals surface area contributed by atoms with Crippen molar-refractivity contribution in [3.8, 4) is 5.88 Å². The van der Waals surface area contributed by atoms with Gasteiger partial charge in [-0.1, -0.05) is 13.8 Å². The summed E-state index contributed by atoms with van der Waals surface area (Å²) in [5.74, 6) is 1.26. The van der Waals surface area contributed by atoms with Crippen molar-refractivity contribution in [3.63, 3.8) is 0 Å². The summed E-state index contributed by atoms with van der Waals surface area (Å²) in [7, 11) is 0. The van der Waals surface area contributed by atoms with Crippen molar-refractivity contribution >= 4 is 11.5 Å². The molecule has 1 rings (SSSR count). The third-order valence-electron chi connectivity index (χ3n) is 3.00. The summed E-state index contributed by atoms with van der Waals surface area (Å²) < 4.78 is 5.53. The molecule has 1 unspecified atom stereocenters. The van der Waals surface area contributed by atoms with E-state index in [4.69, 9.17) is 10.5 Å². The fourth-order valence-corrected chi connectivity index (χ4v) is 1.80. The van der Waals surface area contributed by atoms with E-state index in [9.17, 15) is 0 Å². The predicted molar refractivity (Wildman–Crippen MR) is 75.0 cm³/mol. The first kappa shape index (κ1) is 14.5. The first-order valence-electron chi connectivity index (χ1n) is 6.65. The summed E-state index contributed by atoms with van der Waals surface area (Å²) >= 11 is 0. The van der Waals surface area contributed by atoms with Gasteiger partial charge in [-0.3, -0.25) is 0 Å². The molecule has 0 aliphatic heterocycles. The molecule has 18 heavy (non-hydrogen) atoms. The Morgan fingerprint density at radius 3 is 2.61 bits per heavy atom. The van der Waals surface area contributed by atoms with Crippen LogP contribution in [0, 0.1) is 0 Å². The van der Waals surface area contributed by atoms with Crippen LogP contribution in [-0.4, -0.2) is 29.2 Å². The quantitative estimate of drug-likeness (QED) is 0.807. The number of anilines is 2. The monoisotopic (exact) mass is 252 g/mol. The fraction of sp³-hybridized carbons (Fsp3) is 0.692. The minimum atomic E-state index is 0.395. The van der Waals surface area contributed by atoms with E-state index in [1.54, 1.807) is 0 Å². The SMILES string of the molecule is CCCOc1ncnc(N(CC)C(C)CC)c1N.